The molecule has 7 heteroatoms. The molecule has 0 bridgehead atoms. The zero-order valence-corrected chi connectivity index (χ0v) is 15.6. The Labute approximate surface area is 154 Å². The topological polar surface area (TPSA) is 87.7 Å². The number of carbonyl (C=O) groups excluding carboxylic acids is 3. The van der Waals surface area contributed by atoms with E-state index in [9.17, 15) is 14.4 Å². The number of piperidine rings is 1. The largest absolute Gasteiger partial charge is 0.444 e. The molecule has 26 heavy (non-hydrogen) atoms. The van der Waals surface area contributed by atoms with Crippen molar-refractivity contribution < 1.29 is 19.1 Å². The molecule has 1 aliphatic heterocycles. The van der Waals surface area contributed by atoms with Crippen LogP contribution in [-0.4, -0.2) is 47.5 Å². The molecule has 1 unspecified atom stereocenters. The second-order valence-corrected chi connectivity index (χ2v) is 7.32. The molecule has 1 aromatic carbocycles. The third-order valence-electron chi connectivity index (χ3n) is 3.91. The number of anilines is 1. The van der Waals surface area contributed by atoms with Crippen molar-refractivity contribution in [1.29, 1.82) is 0 Å². The monoisotopic (exact) mass is 361 g/mol. The number of nitrogens with zero attached hydrogens (tertiary/aromatic N) is 1. The van der Waals surface area contributed by atoms with Gasteiger partial charge in [-0.1, -0.05) is 18.2 Å². The molecular formula is C19H27N3O4. The van der Waals surface area contributed by atoms with Crippen molar-refractivity contribution >= 4 is 23.6 Å². The molecule has 1 fully saturated rings. The first-order valence-corrected chi connectivity index (χ1v) is 8.88. The number of likely N-dealkylation sites (tertiary alicyclic amines) is 1. The highest BCUT2D eigenvalue weighted by atomic mass is 16.6. The minimum atomic E-state index is -0.620. The predicted molar refractivity (Wildman–Crippen MR) is 98.7 cm³/mol. The standard InChI is InChI=1S/C19H27N3O4/c1-19(2,3)26-18(25)22-12-8-7-11-15(22)17(24)20-13-16(23)21-14-9-5-4-6-10-14/h4-6,9-10,15H,7-8,11-13H2,1-3H3,(H,20,24)(H,21,23). The Hall–Kier alpha value is -2.57. The lowest BCUT2D eigenvalue weighted by atomic mass is 10.0. The van der Waals surface area contributed by atoms with E-state index in [0.717, 1.165) is 12.8 Å². The van der Waals surface area contributed by atoms with Gasteiger partial charge < -0.3 is 15.4 Å². The number of carbonyl (C=O) groups is 3. The Morgan fingerprint density at radius 2 is 1.85 bits per heavy atom. The Morgan fingerprint density at radius 1 is 1.15 bits per heavy atom. The van der Waals surface area contributed by atoms with Crippen LogP contribution in [0.25, 0.3) is 0 Å². The van der Waals surface area contributed by atoms with Gasteiger partial charge in [-0.25, -0.2) is 4.79 Å². The van der Waals surface area contributed by atoms with E-state index in [-0.39, 0.29) is 18.4 Å². The number of rotatable bonds is 4. The van der Waals surface area contributed by atoms with Crippen molar-refractivity contribution in [2.45, 2.75) is 51.7 Å². The second kappa shape index (κ2) is 8.69. The van der Waals surface area contributed by atoms with Crippen LogP contribution in [0.3, 0.4) is 0 Å². The van der Waals surface area contributed by atoms with Crippen molar-refractivity contribution in [1.82, 2.24) is 10.2 Å². The fourth-order valence-corrected chi connectivity index (χ4v) is 2.76. The number of para-hydroxylation sites is 1. The Kier molecular flexibility index (Phi) is 6.60. The lowest BCUT2D eigenvalue weighted by Gasteiger charge is -2.35. The number of ether oxygens (including phenoxy) is 1. The highest BCUT2D eigenvalue weighted by molar-refractivity contribution is 5.95. The summed E-state index contributed by atoms with van der Waals surface area (Å²) in [7, 11) is 0. The van der Waals surface area contributed by atoms with E-state index >= 15 is 0 Å². The zero-order valence-electron chi connectivity index (χ0n) is 15.6. The number of benzene rings is 1. The number of nitrogens with one attached hydrogen (secondary N) is 2. The van der Waals surface area contributed by atoms with Crippen molar-refractivity contribution in [3.05, 3.63) is 30.3 Å². The molecule has 1 aromatic rings. The summed E-state index contributed by atoms with van der Waals surface area (Å²) in [4.78, 5) is 38.3. The summed E-state index contributed by atoms with van der Waals surface area (Å²) >= 11 is 0. The zero-order chi connectivity index (χ0) is 19.2. The van der Waals surface area contributed by atoms with Gasteiger partial charge in [0.2, 0.25) is 11.8 Å². The molecule has 0 aliphatic carbocycles. The van der Waals surface area contributed by atoms with Gasteiger partial charge in [0.1, 0.15) is 11.6 Å². The van der Waals surface area contributed by atoms with Crippen LogP contribution in [0.4, 0.5) is 10.5 Å². The summed E-state index contributed by atoms with van der Waals surface area (Å²) in [6, 6.07) is 8.41. The van der Waals surface area contributed by atoms with Gasteiger partial charge in [-0.2, -0.15) is 0 Å². The third-order valence-corrected chi connectivity index (χ3v) is 3.91. The van der Waals surface area contributed by atoms with E-state index in [2.05, 4.69) is 10.6 Å². The molecule has 0 radical (unpaired) electrons. The maximum Gasteiger partial charge on any atom is 0.410 e. The molecule has 1 saturated heterocycles. The predicted octanol–water partition coefficient (Wildman–Crippen LogP) is 2.53. The van der Waals surface area contributed by atoms with Gasteiger partial charge >= 0.3 is 6.09 Å². The van der Waals surface area contributed by atoms with Gasteiger partial charge in [-0.05, 0) is 52.2 Å². The minimum absolute atomic E-state index is 0.146. The lowest BCUT2D eigenvalue weighted by Crippen LogP contribution is -2.53. The molecule has 142 valence electrons. The third kappa shape index (κ3) is 6.06. The van der Waals surface area contributed by atoms with Crippen LogP contribution in [0.5, 0.6) is 0 Å². The molecule has 7 nitrogen and oxygen atoms in total. The van der Waals surface area contributed by atoms with Crippen molar-refractivity contribution in [3.8, 4) is 0 Å². The molecular weight excluding hydrogens is 334 g/mol. The molecule has 3 amide bonds. The van der Waals surface area contributed by atoms with Crippen LogP contribution in [-0.2, 0) is 14.3 Å². The van der Waals surface area contributed by atoms with Crippen LogP contribution >= 0.6 is 0 Å². The van der Waals surface area contributed by atoms with Gasteiger partial charge in [0.25, 0.3) is 0 Å². The molecule has 0 saturated carbocycles. The average Bonchev–Trinajstić information content (AvgIpc) is 2.59. The lowest BCUT2D eigenvalue weighted by molar-refractivity contribution is -0.129. The van der Waals surface area contributed by atoms with Gasteiger partial charge in [-0.15, -0.1) is 0 Å². The molecule has 0 spiro atoms. The molecule has 2 rings (SSSR count). The summed E-state index contributed by atoms with van der Waals surface area (Å²) < 4.78 is 5.39. The maximum absolute atomic E-state index is 12.5. The first kappa shape index (κ1) is 19.8. The fourth-order valence-electron chi connectivity index (χ4n) is 2.76. The first-order chi connectivity index (χ1) is 12.3. The highest BCUT2D eigenvalue weighted by Gasteiger charge is 2.34. The van der Waals surface area contributed by atoms with Crippen molar-refractivity contribution in [3.63, 3.8) is 0 Å². The van der Waals surface area contributed by atoms with Crippen molar-refractivity contribution in [2.24, 2.45) is 0 Å². The Balaban J connectivity index is 1.89. The van der Waals surface area contributed by atoms with Crippen LogP contribution < -0.4 is 10.6 Å². The van der Waals surface area contributed by atoms with Crippen LogP contribution in [0.1, 0.15) is 40.0 Å². The maximum atomic E-state index is 12.5. The summed E-state index contributed by atoms with van der Waals surface area (Å²) in [5, 5.41) is 5.33. The van der Waals surface area contributed by atoms with E-state index in [1.165, 1.54) is 4.90 Å². The number of amides is 3. The van der Waals surface area contributed by atoms with Crippen LogP contribution in [0, 0.1) is 0 Å². The van der Waals surface area contributed by atoms with E-state index in [4.69, 9.17) is 4.74 Å². The number of hydrogen-bond donors (Lipinski definition) is 2. The van der Waals surface area contributed by atoms with E-state index in [1.807, 2.05) is 18.2 Å². The summed E-state index contributed by atoms with van der Waals surface area (Å²) in [5.74, 6) is -0.650. The number of hydrogen-bond acceptors (Lipinski definition) is 4. The van der Waals surface area contributed by atoms with Gasteiger partial charge in [0.05, 0.1) is 6.54 Å². The molecule has 1 aliphatic rings. The van der Waals surface area contributed by atoms with Crippen molar-refractivity contribution in [2.75, 3.05) is 18.4 Å². The normalized spacial score (nSPS) is 17.3. The Bertz CT molecular complexity index is 640. The van der Waals surface area contributed by atoms with Crippen LogP contribution in [0.2, 0.25) is 0 Å². The Morgan fingerprint density at radius 3 is 2.50 bits per heavy atom. The van der Waals surface area contributed by atoms with E-state index in [0.29, 0.717) is 18.7 Å². The fraction of sp³-hybridized carbons (Fsp3) is 0.526. The van der Waals surface area contributed by atoms with Gasteiger partial charge in [-0.3, -0.25) is 14.5 Å². The molecule has 1 heterocycles. The second-order valence-electron chi connectivity index (χ2n) is 7.32. The smallest absolute Gasteiger partial charge is 0.410 e. The van der Waals surface area contributed by atoms with E-state index in [1.54, 1.807) is 32.9 Å². The quantitative estimate of drug-likeness (QED) is 0.863. The summed E-state index contributed by atoms with van der Waals surface area (Å²) in [6.07, 6.45) is 1.75. The molecule has 1 atom stereocenters. The van der Waals surface area contributed by atoms with Gasteiger partial charge in [0, 0.05) is 12.2 Å². The highest BCUT2D eigenvalue weighted by Crippen LogP contribution is 2.20. The summed E-state index contributed by atoms with van der Waals surface area (Å²) in [5.41, 5.74) is 0.0466. The van der Waals surface area contributed by atoms with E-state index < -0.39 is 17.7 Å². The minimum Gasteiger partial charge on any atom is -0.444 e. The van der Waals surface area contributed by atoms with Gasteiger partial charge in [0.15, 0.2) is 0 Å². The van der Waals surface area contributed by atoms with Crippen LogP contribution in [0.15, 0.2) is 30.3 Å². The first-order valence-electron chi connectivity index (χ1n) is 8.88. The SMILES string of the molecule is CC(C)(C)OC(=O)N1CCCCC1C(=O)NCC(=O)Nc1ccccc1. The molecule has 0 aromatic heterocycles. The average molecular weight is 361 g/mol. The molecule has 2 N–H and O–H groups in total. The summed E-state index contributed by atoms with van der Waals surface area (Å²) in [6.45, 7) is 5.70.